The van der Waals surface area contributed by atoms with Crippen molar-refractivity contribution in [3.8, 4) is 0 Å². The minimum atomic E-state index is -0.637. The van der Waals surface area contributed by atoms with Gasteiger partial charge in [-0.2, -0.15) is 0 Å². The minimum absolute atomic E-state index is 0.121. The molecule has 7 nitrogen and oxygen atoms in total. The molecule has 0 heterocycles. The summed E-state index contributed by atoms with van der Waals surface area (Å²) < 4.78 is 0. The second kappa shape index (κ2) is 9.27. The van der Waals surface area contributed by atoms with Gasteiger partial charge in [0.05, 0.1) is 10.5 Å². The van der Waals surface area contributed by atoms with E-state index in [1.54, 1.807) is 18.2 Å². The number of nitro groups is 1. The van der Waals surface area contributed by atoms with Gasteiger partial charge in [-0.25, -0.2) is 4.79 Å². The van der Waals surface area contributed by atoms with Gasteiger partial charge >= 0.3 is 5.97 Å². The fourth-order valence-corrected chi connectivity index (χ4v) is 2.83. The summed E-state index contributed by atoms with van der Waals surface area (Å²) in [5.41, 5.74) is 8.39. The highest BCUT2D eigenvalue weighted by molar-refractivity contribution is 5.98. The molecule has 146 valence electrons. The maximum Gasteiger partial charge on any atom is 0.366 e. The predicted molar refractivity (Wildman–Crippen MR) is 110 cm³/mol. The van der Waals surface area contributed by atoms with Gasteiger partial charge in [-0.3, -0.25) is 10.1 Å². The van der Waals surface area contributed by atoms with Crippen LogP contribution in [0.4, 0.5) is 5.69 Å². The Balaban J connectivity index is 1.71. The van der Waals surface area contributed by atoms with Crippen LogP contribution in [0.2, 0.25) is 0 Å². The SMILES string of the molecule is NC(=NOC(=O)c1ccccc1CCc1ccccc1)c1cccc([N+](=O)[O-])c1. The molecule has 7 heteroatoms. The predicted octanol–water partition coefficient (Wildman–Crippen LogP) is 3.86. The van der Waals surface area contributed by atoms with Crippen molar-refractivity contribution in [2.75, 3.05) is 0 Å². The largest absolute Gasteiger partial charge is 0.380 e. The van der Waals surface area contributed by atoms with Crippen LogP contribution >= 0.6 is 0 Å². The van der Waals surface area contributed by atoms with E-state index in [9.17, 15) is 14.9 Å². The number of nitro benzene ring substituents is 1. The molecule has 0 aliphatic heterocycles. The van der Waals surface area contributed by atoms with Gasteiger partial charge in [-0.05, 0) is 30.0 Å². The Kier molecular flexibility index (Phi) is 6.32. The summed E-state index contributed by atoms with van der Waals surface area (Å²) in [6, 6.07) is 22.7. The number of nitrogens with two attached hydrogens (primary N) is 1. The fraction of sp³-hybridized carbons (Fsp3) is 0.0909. The number of amidine groups is 1. The Morgan fingerprint density at radius 2 is 1.69 bits per heavy atom. The molecule has 29 heavy (non-hydrogen) atoms. The zero-order chi connectivity index (χ0) is 20.6. The number of benzene rings is 3. The number of carbonyl (C=O) groups is 1. The van der Waals surface area contributed by atoms with E-state index in [0.717, 1.165) is 12.0 Å². The standard InChI is InChI=1S/C22H19N3O4/c23-21(18-10-6-11-19(15-18)25(27)28)24-29-22(26)20-12-5-4-9-17(20)14-13-16-7-2-1-3-8-16/h1-12,15H,13-14H2,(H2,23,24). The molecule has 0 fully saturated rings. The summed E-state index contributed by atoms with van der Waals surface area (Å²) >= 11 is 0. The molecule has 0 radical (unpaired) electrons. The van der Waals surface area contributed by atoms with Crippen molar-refractivity contribution in [3.05, 3.63) is 111 Å². The third-order valence-corrected chi connectivity index (χ3v) is 4.34. The average Bonchev–Trinajstić information content (AvgIpc) is 2.76. The zero-order valence-electron chi connectivity index (χ0n) is 15.5. The van der Waals surface area contributed by atoms with Crippen molar-refractivity contribution in [1.82, 2.24) is 0 Å². The molecule has 0 amide bonds. The number of aryl methyl sites for hydroxylation is 2. The summed E-state index contributed by atoms with van der Waals surface area (Å²) in [4.78, 5) is 27.8. The molecule has 2 N–H and O–H groups in total. The van der Waals surface area contributed by atoms with Crippen LogP contribution in [-0.4, -0.2) is 16.7 Å². The maximum absolute atomic E-state index is 12.5. The molecule has 3 rings (SSSR count). The topological polar surface area (TPSA) is 108 Å². The first-order valence-corrected chi connectivity index (χ1v) is 8.96. The smallest absolute Gasteiger partial charge is 0.366 e. The van der Waals surface area contributed by atoms with E-state index in [-0.39, 0.29) is 11.5 Å². The van der Waals surface area contributed by atoms with Crippen molar-refractivity contribution in [1.29, 1.82) is 0 Å². The van der Waals surface area contributed by atoms with Gasteiger partial charge in [0.25, 0.3) is 5.69 Å². The first kappa shape index (κ1) is 19.8. The molecule has 0 aliphatic carbocycles. The highest BCUT2D eigenvalue weighted by atomic mass is 16.7. The molecule has 0 aromatic heterocycles. The van der Waals surface area contributed by atoms with E-state index >= 15 is 0 Å². The van der Waals surface area contributed by atoms with Crippen LogP contribution < -0.4 is 5.73 Å². The highest BCUT2D eigenvalue weighted by Crippen LogP contribution is 2.15. The maximum atomic E-state index is 12.5. The van der Waals surface area contributed by atoms with Gasteiger partial charge in [0, 0.05) is 17.7 Å². The third-order valence-electron chi connectivity index (χ3n) is 4.34. The number of nitrogens with zero attached hydrogens (tertiary/aromatic N) is 2. The van der Waals surface area contributed by atoms with Gasteiger partial charge < -0.3 is 10.6 Å². The van der Waals surface area contributed by atoms with Crippen LogP contribution in [0.5, 0.6) is 0 Å². The van der Waals surface area contributed by atoms with Crippen LogP contribution in [0, 0.1) is 10.1 Å². The number of non-ortho nitro benzene ring substituents is 1. The minimum Gasteiger partial charge on any atom is -0.380 e. The number of rotatable bonds is 7. The lowest BCUT2D eigenvalue weighted by Crippen LogP contribution is -2.16. The van der Waals surface area contributed by atoms with E-state index in [0.29, 0.717) is 17.5 Å². The van der Waals surface area contributed by atoms with Gasteiger partial charge in [0.15, 0.2) is 5.84 Å². The Morgan fingerprint density at radius 3 is 2.45 bits per heavy atom. The summed E-state index contributed by atoms with van der Waals surface area (Å²) in [6.45, 7) is 0. The quantitative estimate of drug-likeness (QED) is 0.217. The number of hydrogen-bond acceptors (Lipinski definition) is 5. The van der Waals surface area contributed by atoms with Crippen molar-refractivity contribution in [2.45, 2.75) is 12.8 Å². The second-order valence-electron chi connectivity index (χ2n) is 6.31. The Bertz CT molecular complexity index is 1050. The first-order chi connectivity index (χ1) is 14.0. The van der Waals surface area contributed by atoms with E-state index in [4.69, 9.17) is 10.6 Å². The summed E-state index contributed by atoms with van der Waals surface area (Å²) in [5, 5.41) is 14.5. The highest BCUT2D eigenvalue weighted by Gasteiger charge is 2.14. The molecule has 3 aromatic rings. The van der Waals surface area contributed by atoms with E-state index in [1.165, 1.54) is 23.8 Å². The molecule has 0 spiro atoms. The molecule has 0 bridgehead atoms. The summed E-state index contributed by atoms with van der Waals surface area (Å²) in [7, 11) is 0. The van der Waals surface area contributed by atoms with Crippen LogP contribution in [-0.2, 0) is 17.7 Å². The second-order valence-corrected chi connectivity index (χ2v) is 6.31. The van der Waals surface area contributed by atoms with Gasteiger partial charge in [-0.15, -0.1) is 0 Å². The van der Waals surface area contributed by atoms with Crippen molar-refractivity contribution in [2.24, 2.45) is 10.9 Å². The lowest BCUT2D eigenvalue weighted by molar-refractivity contribution is -0.384. The van der Waals surface area contributed by atoms with E-state index < -0.39 is 10.9 Å². The van der Waals surface area contributed by atoms with Crippen LogP contribution in [0.15, 0.2) is 84.0 Å². The molecule has 3 aromatic carbocycles. The molecular formula is C22H19N3O4. The molecule has 0 unspecified atom stereocenters. The lowest BCUT2D eigenvalue weighted by atomic mass is 10.00. The van der Waals surface area contributed by atoms with Gasteiger partial charge in [-0.1, -0.05) is 65.8 Å². The average molecular weight is 389 g/mol. The molecule has 0 atom stereocenters. The summed E-state index contributed by atoms with van der Waals surface area (Å²) in [6.07, 6.45) is 1.45. The van der Waals surface area contributed by atoms with E-state index in [1.807, 2.05) is 42.5 Å². The van der Waals surface area contributed by atoms with Crippen LogP contribution in [0.1, 0.15) is 27.0 Å². The molecule has 0 saturated carbocycles. The zero-order valence-corrected chi connectivity index (χ0v) is 15.5. The normalized spacial score (nSPS) is 11.1. The third kappa shape index (κ3) is 5.26. The van der Waals surface area contributed by atoms with Crippen LogP contribution in [0.25, 0.3) is 0 Å². The monoisotopic (exact) mass is 389 g/mol. The fourth-order valence-electron chi connectivity index (χ4n) is 2.83. The Labute approximate surface area is 167 Å². The Hall–Kier alpha value is -4.00. The van der Waals surface area contributed by atoms with Gasteiger partial charge in [0.2, 0.25) is 0 Å². The first-order valence-electron chi connectivity index (χ1n) is 8.96. The van der Waals surface area contributed by atoms with Crippen molar-refractivity contribution >= 4 is 17.5 Å². The summed E-state index contributed by atoms with van der Waals surface area (Å²) in [5.74, 6) is -0.758. The van der Waals surface area contributed by atoms with Crippen molar-refractivity contribution in [3.63, 3.8) is 0 Å². The molecular weight excluding hydrogens is 370 g/mol. The lowest BCUT2D eigenvalue weighted by Gasteiger charge is -2.08. The molecule has 0 aliphatic rings. The number of hydrogen-bond donors (Lipinski definition) is 1. The number of carbonyl (C=O) groups excluding carboxylic acids is 1. The van der Waals surface area contributed by atoms with Crippen LogP contribution in [0.3, 0.4) is 0 Å². The van der Waals surface area contributed by atoms with Crippen molar-refractivity contribution < 1.29 is 14.6 Å². The van der Waals surface area contributed by atoms with E-state index in [2.05, 4.69) is 5.16 Å². The Morgan fingerprint density at radius 1 is 0.966 bits per heavy atom. The van der Waals surface area contributed by atoms with Gasteiger partial charge in [0.1, 0.15) is 0 Å². The molecule has 0 saturated heterocycles. The number of oxime groups is 1.